The molecule has 0 bridgehead atoms. The van der Waals surface area contributed by atoms with Gasteiger partial charge in [0.15, 0.2) is 0 Å². The summed E-state index contributed by atoms with van der Waals surface area (Å²) in [7, 11) is 0. The molecule has 3 heteroatoms. The van der Waals surface area contributed by atoms with Gasteiger partial charge in [0.2, 0.25) is 5.91 Å². The van der Waals surface area contributed by atoms with Gasteiger partial charge in [-0.1, -0.05) is 32.1 Å². The van der Waals surface area contributed by atoms with E-state index in [4.69, 9.17) is 0 Å². The van der Waals surface area contributed by atoms with Gasteiger partial charge in [-0.3, -0.25) is 9.78 Å². The molecule has 23 heavy (non-hydrogen) atoms. The number of carbonyl (C=O) groups is 1. The molecule has 3 unspecified atom stereocenters. The summed E-state index contributed by atoms with van der Waals surface area (Å²) in [6.45, 7) is 12.8. The molecule has 1 aliphatic carbocycles. The lowest BCUT2D eigenvalue weighted by atomic mass is 9.65. The monoisotopic (exact) mass is 314 g/mol. The summed E-state index contributed by atoms with van der Waals surface area (Å²) in [5.41, 5.74) is 2.39. The molecule has 1 N–H and O–H groups in total. The minimum Gasteiger partial charge on any atom is -0.353 e. The van der Waals surface area contributed by atoms with Crippen LogP contribution in [0.2, 0.25) is 0 Å². The normalized spacial score (nSPS) is 24.7. The van der Waals surface area contributed by atoms with Gasteiger partial charge >= 0.3 is 0 Å². The van der Waals surface area contributed by atoms with Crippen molar-refractivity contribution in [3.05, 3.63) is 42.2 Å². The largest absolute Gasteiger partial charge is 0.353 e. The fraction of sp³-hybridized carbons (Fsp3) is 0.600. The Kier molecular flexibility index (Phi) is 5.61. The van der Waals surface area contributed by atoms with Crippen molar-refractivity contribution < 1.29 is 4.79 Å². The van der Waals surface area contributed by atoms with Crippen LogP contribution in [0.4, 0.5) is 0 Å². The van der Waals surface area contributed by atoms with E-state index in [2.05, 4.69) is 44.6 Å². The smallest absolute Gasteiger partial charge is 0.223 e. The lowest BCUT2D eigenvalue weighted by molar-refractivity contribution is -0.129. The highest BCUT2D eigenvalue weighted by Crippen LogP contribution is 2.44. The molecule has 1 amide bonds. The Hall–Kier alpha value is -1.64. The molecular formula is C20H30N2O. The number of hydrogen-bond donors (Lipinski definition) is 1. The Labute approximate surface area is 140 Å². The first-order chi connectivity index (χ1) is 10.8. The highest BCUT2D eigenvalue weighted by atomic mass is 16.1. The maximum Gasteiger partial charge on any atom is 0.223 e. The van der Waals surface area contributed by atoms with Crippen molar-refractivity contribution >= 4 is 5.91 Å². The lowest BCUT2D eigenvalue weighted by Crippen LogP contribution is -2.44. The quantitative estimate of drug-likeness (QED) is 0.830. The SMILES string of the molecule is C=C(C)C1CCC(C)(C)CC1C(=O)NC(C)Cc1ccccn1. The van der Waals surface area contributed by atoms with Crippen LogP contribution < -0.4 is 5.32 Å². The van der Waals surface area contributed by atoms with E-state index >= 15 is 0 Å². The zero-order valence-electron chi connectivity index (χ0n) is 14.9. The second kappa shape index (κ2) is 7.29. The number of rotatable bonds is 5. The molecule has 1 heterocycles. The van der Waals surface area contributed by atoms with Crippen molar-refractivity contribution in [1.82, 2.24) is 10.3 Å². The summed E-state index contributed by atoms with van der Waals surface area (Å²) in [6.07, 6.45) is 5.73. The van der Waals surface area contributed by atoms with Crippen LogP contribution in [0.5, 0.6) is 0 Å². The molecule has 3 atom stereocenters. The summed E-state index contributed by atoms with van der Waals surface area (Å²) in [6, 6.07) is 5.99. The first-order valence-electron chi connectivity index (χ1n) is 8.64. The first kappa shape index (κ1) is 17.7. The molecule has 2 rings (SSSR count). The molecule has 0 saturated heterocycles. The van der Waals surface area contributed by atoms with E-state index < -0.39 is 0 Å². The van der Waals surface area contributed by atoms with Crippen LogP contribution in [0, 0.1) is 17.3 Å². The number of amides is 1. The van der Waals surface area contributed by atoms with Gasteiger partial charge in [0, 0.05) is 30.3 Å². The Balaban J connectivity index is 2.00. The van der Waals surface area contributed by atoms with E-state index in [0.717, 1.165) is 37.0 Å². The molecule has 1 fully saturated rings. The van der Waals surface area contributed by atoms with E-state index in [0.29, 0.717) is 5.92 Å². The molecular weight excluding hydrogens is 284 g/mol. The number of carbonyl (C=O) groups excluding carboxylic acids is 1. The van der Waals surface area contributed by atoms with E-state index in [1.807, 2.05) is 18.2 Å². The van der Waals surface area contributed by atoms with Crippen LogP contribution in [0.15, 0.2) is 36.5 Å². The number of pyridine rings is 1. The van der Waals surface area contributed by atoms with Crippen LogP contribution in [-0.2, 0) is 11.2 Å². The average molecular weight is 314 g/mol. The highest BCUT2D eigenvalue weighted by Gasteiger charge is 2.39. The summed E-state index contributed by atoms with van der Waals surface area (Å²) >= 11 is 0. The van der Waals surface area contributed by atoms with Gasteiger partial charge in [-0.15, -0.1) is 0 Å². The number of nitrogens with one attached hydrogen (secondary N) is 1. The number of aromatic nitrogens is 1. The lowest BCUT2D eigenvalue weighted by Gasteiger charge is -2.40. The first-order valence-corrected chi connectivity index (χ1v) is 8.64. The van der Waals surface area contributed by atoms with Crippen molar-refractivity contribution in [3.63, 3.8) is 0 Å². The Bertz CT molecular complexity index is 550. The standard InChI is InChI=1S/C20H30N2O/c1-14(2)17-9-10-20(4,5)13-18(17)19(23)22-15(3)12-16-8-6-7-11-21-16/h6-8,11,15,17-18H,1,9-10,12-13H2,2-5H3,(H,22,23). The summed E-state index contributed by atoms with van der Waals surface area (Å²) in [4.78, 5) is 17.2. The second-order valence-corrected chi connectivity index (χ2v) is 7.90. The minimum atomic E-state index is 0.0439. The van der Waals surface area contributed by atoms with Crippen LogP contribution in [0.3, 0.4) is 0 Å². The predicted octanol–water partition coefficient (Wildman–Crippen LogP) is 4.15. The number of hydrogen-bond acceptors (Lipinski definition) is 2. The van der Waals surface area contributed by atoms with E-state index in [-0.39, 0.29) is 23.3 Å². The molecule has 1 saturated carbocycles. The Morgan fingerprint density at radius 1 is 1.43 bits per heavy atom. The van der Waals surface area contributed by atoms with Crippen molar-refractivity contribution in [2.75, 3.05) is 0 Å². The molecule has 0 spiro atoms. The fourth-order valence-corrected chi connectivity index (χ4v) is 3.69. The third-order valence-corrected chi connectivity index (χ3v) is 4.99. The molecule has 126 valence electrons. The number of nitrogens with zero attached hydrogens (tertiary/aromatic N) is 1. The third-order valence-electron chi connectivity index (χ3n) is 4.99. The molecule has 0 radical (unpaired) electrons. The second-order valence-electron chi connectivity index (χ2n) is 7.90. The van der Waals surface area contributed by atoms with Crippen LogP contribution >= 0.6 is 0 Å². The zero-order valence-corrected chi connectivity index (χ0v) is 14.9. The van der Waals surface area contributed by atoms with Crippen molar-refractivity contribution in [3.8, 4) is 0 Å². The maximum atomic E-state index is 12.8. The molecule has 0 aromatic carbocycles. The zero-order chi connectivity index (χ0) is 17.0. The molecule has 1 aromatic heterocycles. The minimum absolute atomic E-state index is 0.0439. The molecule has 1 aliphatic rings. The molecule has 1 aromatic rings. The summed E-state index contributed by atoms with van der Waals surface area (Å²) in [5, 5.41) is 3.20. The van der Waals surface area contributed by atoms with Crippen molar-refractivity contribution in [1.29, 1.82) is 0 Å². The predicted molar refractivity (Wildman–Crippen MR) is 95.0 cm³/mol. The van der Waals surface area contributed by atoms with Gasteiger partial charge in [-0.2, -0.15) is 0 Å². The van der Waals surface area contributed by atoms with Crippen LogP contribution in [-0.4, -0.2) is 16.9 Å². The van der Waals surface area contributed by atoms with E-state index in [9.17, 15) is 4.79 Å². The van der Waals surface area contributed by atoms with Crippen molar-refractivity contribution in [2.45, 2.75) is 59.4 Å². The number of allylic oxidation sites excluding steroid dienone is 1. The highest BCUT2D eigenvalue weighted by molar-refractivity contribution is 5.79. The maximum absolute atomic E-state index is 12.8. The summed E-state index contributed by atoms with van der Waals surface area (Å²) in [5.74, 6) is 0.529. The average Bonchev–Trinajstić information content (AvgIpc) is 2.46. The Morgan fingerprint density at radius 3 is 2.78 bits per heavy atom. The molecule has 3 nitrogen and oxygen atoms in total. The van der Waals surface area contributed by atoms with E-state index in [1.54, 1.807) is 6.20 Å². The van der Waals surface area contributed by atoms with Gasteiger partial charge in [0.05, 0.1) is 0 Å². The van der Waals surface area contributed by atoms with Gasteiger partial charge in [-0.25, -0.2) is 0 Å². The van der Waals surface area contributed by atoms with Gasteiger partial charge < -0.3 is 5.32 Å². The van der Waals surface area contributed by atoms with Crippen molar-refractivity contribution in [2.24, 2.45) is 17.3 Å². The Morgan fingerprint density at radius 2 is 2.17 bits per heavy atom. The van der Waals surface area contributed by atoms with Gasteiger partial charge in [-0.05, 0) is 56.6 Å². The molecule has 0 aliphatic heterocycles. The van der Waals surface area contributed by atoms with E-state index in [1.165, 1.54) is 0 Å². The fourth-order valence-electron chi connectivity index (χ4n) is 3.69. The summed E-state index contributed by atoms with van der Waals surface area (Å²) < 4.78 is 0. The topological polar surface area (TPSA) is 42.0 Å². The van der Waals surface area contributed by atoms with Gasteiger partial charge in [0.1, 0.15) is 0 Å². The van der Waals surface area contributed by atoms with Crippen LogP contribution in [0.1, 0.15) is 52.7 Å². The van der Waals surface area contributed by atoms with Crippen LogP contribution in [0.25, 0.3) is 0 Å². The van der Waals surface area contributed by atoms with Gasteiger partial charge in [0.25, 0.3) is 0 Å². The third kappa shape index (κ3) is 4.92.